The van der Waals surface area contributed by atoms with Gasteiger partial charge in [-0.05, 0) is 35.8 Å². The fraction of sp³-hybridized carbons (Fsp3) is 0.632. The lowest BCUT2D eigenvalue weighted by molar-refractivity contribution is 0.187. The van der Waals surface area contributed by atoms with Crippen molar-refractivity contribution < 1.29 is 5.11 Å². The molecule has 1 aromatic rings. The summed E-state index contributed by atoms with van der Waals surface area (Å²) in [7, 11) is 0. The van der Waals surface area contributed by atoms with E-state index in [4.69, 9.17) is 0 Å². The average molecular weight is 317 g/mol. The van der Waals surface area contributed by atoms with Crippen LogP contribution in [-0.4, -0.2) is 30.2 Å². The summed E-state index contributed by atoms with van der Waals surface area (Å²) in [5, 5.41) is 17.0. The molecule has 0 radical (unpaired) electrons. The fourth-order valence-corrected chi connectivity index (χ4v) is 2.51. The van der Waals surface area contributed by atoms with Crippen LogP contribution in [0, 0.1) is 5.92 Å². The molecule has 0 saturated heterocycles. The van der Waals surface area contributed by atoms with Crippen molar-refractivity contribution in [1.29, 1.82) is 0 Å². The number of hydrogen-bond acceptors (Lipinski definition) is 2. The van der Waals surface area contributed by atoms with E-state index in [0.29, 0.717) is 18.5 Å². The molecule has 4 nitrogen and oxygen atoms in total. The summed E-state index contributed by atoms with van der Waals surface area (Å²) in [5.74, 6) is 1.51. The summed E-state index contributed by atoms with van der Waals surface area (Å²) in [5.41, 5.74) is 2.32. The van der Waals surface area contributed by atoms with Gasteiger partial charge in [0.25, 0.3) is 0 Å². The minimum absolute atomic E-state index is 0.130. The topological polar surface area (TPSA) is 56.7 Å². The van der Waals surface area contributed by atoms with Crippen LogP contribution in [0.4, 0.5) is 0 Å². The number of aliphatic imine (C=N–C) groups is 1. The number of nitrogens with zero attached hydrogens (tertiary/aromatic N) is 1. The smallest absolute Gasteiger partial charge is 0.191 e. The Morgan fingerprint density at radius 2 is 1.91 bits per heavy atom. The quantitative estimate of drug-likeness (QED) is 0.578. The first kappa shape index (κ1) is 17.8. The summed E-state index contributed by atoms with van der Waals surface area (Å²) in [6.45, 7) is 12.0. The molecule has 0 aromatic heterocycles. The molecule has 4 heteroatoms. The van der Waals surface area contributed by atoms with Gasteiger partial charge < -0.3 is 15.7 Å². The van der Waals surface area contributed by atoms with Crippen molar-refractivity contribution in [1.82, 2.24) is 10.6 Å². The van der Waals surface area contributed by atoms with Gasteiger partial charge in [0.1, 0.15) is 0 Å². The number of guanidine groups is 1. The molecule has 0 spiro atoms. The van der Waals surface area contributed by atoms with Crippen molar-refractivity contribution in [2.75, 3.05) is 13.1 Å². The summed E-state index contributed by atoms with van der Waals surface area (Å²) in [6.07, 6.45) is 0.623. The van der Waals surface area contributed by atoms with E-state index in [1.807, 2.05) is 12.1 Å². The monoisotopic (exact) mass is 317 g/mol. The van der Waals surface area contributed by atoms with Crippen LogP contribution in [-0.2, 0) is 5.41 Å². The molecule has 1 aromatic carbocycles. The molecular formula is C19H31N3O. The van der Waals surface area contributed by atoms with E-state index in [2.05, 4.69) is 62.4 Å². The Kier molecular flexibility index (Phi) is 5.69. The molecule has 1 aliphatic rings. The summed E-state index contributed by atoms with van der Waals surface area (Å²) in [6, 6.07) is 8.72. The van der Waals surface area contributed by atoms with Crippen LogP contribution < -0.4 is 10.6 Å². The number of aliphatic hydroxyl groups excluding tert-OH is 1. The molecule has 3 atom stereocenters. The number of benzene rings is 1. The van der Waals surface area contributed by atoms with Gasteiger partial charge in [0.2, 0.25) is 0 Å². The average Bonchev–Trinajstić information content (AvgIpc) is 3.19. The van der Waals surface area contributed by atoms with Crippen LogP contribution in [0.15, 0.2) is 29.3 Å². The Labute approximate surface area is 140 Å². The Morgan fingerprint density at radius 3 is 2.39 bits per heavy atom. The largest absolute Gasteiger partial charge is 0.386 e. The van der Waals surface area contributed by atoms with Gasteiger partial charge in [-0.15, -0.1) is 0 Å². The van der Waals surface area contributed by atoms with Gasteiger partial charge >= 0.3 is 0 Å². The number of aliphatic hydroxyl groups is 1. The van der Waals surface area contributed by atoms with Gasteiger partial charge in [0, 0.05) is 12.6 Å². The maximum atomic E-state index is 10.4. The first-order chi connectivity index (χ1) is 10.8. The third-order valence-electron chi connectivity index (χ3n) is 4.36. The molecule has 2 rings (SSSR count). The summed E-state index contributed by atoms with van der Waals surface area (Å²) >= 11 is 0. The van der Waals surface area contributed by atoms with E-state index in [-0.39, 0.29) is 5.41 Å². The van der Waals surface area contributed by atoms with E-state index >= 15 is 0 Å². The molecule has 1 aliphatic carbocycles. The molecule has 0 aliphatic heterocycles. The molecule has 1 fully saturated rings. The van der Waals surface area contributed by atoms with Crippen LogP contribution >= 0.6 is 0 Å². The highest BCUT2D eigenvalue weighted by molar-refractivity contribution is 5.80. The first-order valence-electron chi connectivity index (χ1n) is 8.64. The fourth-order valence-electron chi connectivity index (χ4n) is 2.51. The molecule has 3 N–H and O–H groups in total. The zero-order valence-corrected chi connectivity index (χ0v) is 15.1. The highest BCUT2D eigenvalue weighted by Crippen LogP contribution is 2.28. The molecule has 0 amide bonds. The van der Waals surface area contributed by atoms with Crippen LogP contribution in [0.25, 0.3) is 0 Å². The van der Waals surface area contributed by atoms with Gasteiger partial charge in [-0.3, -0.25) is 4.99 Å². The van der Waals surface area contributed by atoms with Crippen molar-refractivity contribution >= 4 is 5.96 Å². The predicted octanol–water partition coefficient (Wildman–Crippen LogP) is 2.98. The third-order valence-corrected chi connectivity index (χ3v) is 4.36. The van der Waals surface area contributed by atoms with Crippen LogP contribution in [0.3, 0.4) is 0 Å². The van der Waals surface area contributed by atoms with Gasteiger partial charge in [0.05, 0.1) is 12.6 Å². The van der Waals surface area contributed by atoms with Crippen LogP contribution in [0.1, 0.15) is 58.3 Å². The van der Waals surface area contributed by atoms with Crippen molar-refractivity contribution in [3.05, 3.63) is 35.4 Å². The number of nitrogens with one attached hydrogen (secondary N) is 2. The van der Waals surface area contributed by atoms with E-state index in [9.17, 15) is 5.11 Å². The summed E-state index contributed by atoms with van der Waals surface area (Å²) in [4.78, 5) is 4.52. The van der Waals surface area contributed by atoms with Crippen molar-refractivity contribution in [3.8, 4) is 0 Å². The standard InChI is InChI=1S/C19H31N3O/c1-6-20-18(22-16-11-13(16)2)21-12-17(23)14-7-9-15(10-8-14)19(3,4)5/h7-10,13,16-17,23H,6,11-12H2,1-5H3,(H2,20,21,22). The lowest BCUT2D eigenvalue weighted by Gasteiger charge is -2.20. The molecule has 128 valence electrons. The maximum absolute atomic E-state index is 10.4. The second kappa shape index (κ2) is 7.35. The minimum atomic E-state index is -0.573. The van der Waals surface area contributed by atoms with Gasteiger partial charge in [-0.25, -0.2) is 0 Å². The SMILES string of the molecule is CCNC(=NCC(O)c1ccc(C(C)(C)C)cc1)NC1CC1C. The zero-order chi connectivity index (χ0) is 17.0. The molecule has 0 heterocycles. The van der Waals surface area contributed by atoms with Crippen molar-refractivity contribution in [3.63, 3.8) is 0 Å². The van der Waals surface area contributed by atoms with Crippen LogP contribution in [0.5, 0.6) is 0 Å². The minimum Gasteiger partial charge on any atom is -0.386 e. The third kappa shape index (κ3) is 5.24. The molecule has 3 unspecified atom stereocenters. The highest BCUT2D eigenvalue weighted by Gasteiger charge is 2.33. The Bertz CT molecular complexity index is 531. The second-order valence-electron chi connectivity index (χ2n) is 7.57. The number of rotatable bonds is 5. The van der Waals surface area contributed by atoms with Gasteiger partial charge in [0.15, 0.2) is 5.96 Å². The molecule has 1 saturated carbocycles. The molecule has 0 bridgehead atoms. The highest BCUT2D eigenvalue weighted by atomic mass is 16.3. The van der Waals surface area contributed by atoms with E-state index in [1.165, 1.54) is 12.0 Å². The lowest BCUT2D eigenvalue weighted by Crippen LogP contribution is -2.39. The Hall–Kier alpha value is -1.55. The van der Waals surface area contributed by atoms with Gasteiger partial charge in [-0.1, -0.05) is 52.0 Å². The first-order valence-corrected chi connectivity index (χ1v) is 8.64. The maximum Gasteiger partial charge on any atom is 0.191 e. The van der Waals surface area contributed by atoms with Crippen LogP contribution in [0.2, 0.25) is 0 Å². The molecule has 23 heavy (non-hydrogen) atoms. The Morgan fingerprint density at radius 1 is 1.30 bits per heavy atom. The lowest BCUT2D eigenvalue weighted by atomic mass is 9.86. The van der Waals surface area contributed by atoms with E-state index < -0.39 is 6.10 Å². The van der Waals surface area contributed by atoms with Crippen molar-refractivity contribution in [2.24, 2.45) is 10.9 Å². The number of hydrogen-bond donors (Lipinski definition) is 3. The molecular weight excluding hydrogens is 286 g/mol. The normalized spacial score (nSPS) is 22.6. The predicted molar refractivity (Wildman–Crippen MR) is 96.8 cm³/mol. The van der Waals surface area contributed by atoms with Gasteiger partial charge in [-0.2, -0.15) is 0 Å². The summed E-state index contributed by atoms with van der Waals surface area (Å²) < 4.78 is 0. The van der Waals surface area contributed by atoms with Crippen molar-refractivity contribution in [2.45, 2.75) is 58.6 Å². The Balaban J connectivity index is 1.96. The second-order valence-corrected chi connectivity index (χ2v) is 7.57. The zero-order valence-electron chi connectivity index (χ0n) is 15.1. The van der Waals surface area contributed by atoms with E-state index in [1.54, 1.807) is 0 Å². The van der Waals surface area contributed by atoms with E-state index in [0.717, 1.165) is 18.1 Å².